The van der Waals surface area contributed by atoms with E-state index in [1.807, 2.05) is 30.3 Å². The maximum atomic E-state index is 11.4. The second-order valence-corrected chi connectivity index (χ2v) is 3.68. The zero-order chi connectivity index (χ0) is 11.3. The summed E-state index contributed by atoms with van der Waals surface area (Å²) >= 11 is 0. The molecule has 0 aliphatic rings. The molecular weight excluding hydrogens is 192 g/mol. The van der Waals surface area contributed by atoms with E-state index in [1.165, 1.54) is 0 Å². The van der Waals surface area contributed by atoms with Gasteiger partial charge in [-0.15, -0.1) is 0 Å². The molecule has 4 N–H and O–H groups in total. The van der Waals surface area contributed by atoms with Crippen molar-refractivity contribution in [1.29, 1.82) is 0 Å². The van der Waals surface area contributed by atoms with Crippen LogP contribution in [-0.4, -0.2) is 18.1 Å². The number of rotatable bonds is 4. The van der Waals surface area contributed by atoms with Crippen LogP contribution in [-0.2, 0) is 16.1 Å². The fourth-order valence-corrected chi connectivity index (χ4v) is 0.971. The van der Waals surface area contributed by atoms with Crippen molar-refractivity contribution in [2.45, 2.75) is 19.1 Å². The fraction of sp³-hybridized carbons (Fsp3) is 0.364. The van der Waals surface area contributed by atoms with Crippen molar-refractivity contribution in [1.82, 2.24) is 0 Å². The number of carbonyl (C=O) groups is 1. The van der Waals surface area contributed by atoms with Gasteiger partial charge in [-0.1, -0.05) is 30.3 Å². The van der Waals surface area contributed by atoms with Gasteiger partial charge in [-0.3, -0.25) is 4.79 Å². The molecule has 0 saturated heterocycles. The largest absolute Gasteiger partial charge is 0.459 e. The van der Waals surface area contributed by atoms with Gasteiger partial charge in [0.05, 0.1) is 0 Å². The van der Waals surface area contributed by atoms with E-state index in [4.69, 9.17) is 16.2 Å². The molecule has 0 bridgehead atoms. The lowest BCUT2D eigenvalue weighted by Crippen LogP contribution is -2.52. The Kier molecular flexibility index (Phi) is 3.82. The summed E-state index contributed by atoms with van der Waals surface area (Å²) in [6.45, 7) is 1.85. The number of hydrogen-bond acceptors (Lipinski definition) is 4. The summed E-state index contributed by atoms with van der Waals surface area (Å²) < 4.78 is 5.04. The van der Waals surface area contributed by atoms with E-state index in [1.54, 1.807) is 6.92 Å². The van der Waals surface area contributed by atoms with Crippen LogP contribution < -0.4 is 11.5 Å². The molecule has 1 rings (SSSR count). The molecule has 0 heterocycles. The Hall–Kier alpha value is -1.39. The molecule has 4 heteroatoms. The van der Waals surface area contributed by atoms with Gasteiger partial charge in [0.1, 0.15) is 12.1 Å². The summed E-state index contributed by atoms with van der Waals surface area (Å²) in [5, 5.41) is 0. The van der Waals surface area contributed by atoms with Crippen molar-refractivity contribution in [3.8, 4) is 0 Å². The molecule has 0 fully saturated rings. The Balaban J connectivity index is 2.48. The smallest absolute Gasteiger partial charge is 0.327 e. The van der Waals surface area contributed by atoms with Gasteiger partial charge < -0.3 is 16.2 Å². The van der Waals surface area contributed by atoms with Gasteiger partial charge in [0.2, 0.25) is 0 Å². The minimum absolute atomic E-state index is 0.0701. The lowest BCUT2D eigenvalue weighted by molar-refractivity contribution is -0.150. The Labute approximate surface area is 89.2 Å². The average molecular weight is 208 g/mol. The summed E-state index contributed by atoms with van der Waals surface area (Å²) in [7, 11) is 0. The summed E-state index contributed by atoms with van der Waals surface area (Å²) in [5.74, 6) is -0.478. The van der Waals surface area contributed by atoms with Crippen molar-refractivity contribution >= 4 is 5.97 Å². The number of hydrogen-bond donors (Lipinski definition) is 2. The molecule has 0 radical (unpaired) electrons. The van der Waals surface area contributed by atoms with E-state index >= 15 is 0 Å². The molecular formula is C11H16N2O2. The maximum Gasteiger partial charge on any atom is 0.327 e. The zero-order valence-corrected chi connectivity index (χ0v) is 8.77. The van der Waals surface area contributed by atoms with Crippen LogP contribution in [0.5, 0.6) is 0 Å². The Morgan fingerprint density at radius 3 is 2.53 bits per heavy atom. The molecule has 0 aliphatic heterocycles. The Bertz CT molecular complexity index is 323. The number of benzene rings is 1. The number of ether oxygens (including phenoxy) is 1. The maximum absolute atomic E-state index is 11.4. The molecule has 1 atom stereocenters. The molecule has 0 amide bonds. The second kappa shape index (κ2) is 4.91. The minimum atomic E-state index is -1.10. The Morgan fingerprint density at radius 1 is 1.40 bits per heavy atom. The number of nitrogens with two attached hydrogens (primary N) is 2. The van der Waals surface area contributed by atoms with Crippen LogP contribution in [0.25, 0.3) is 0 Å². The highest BCUT2D eigenvalue weighted by Gasteiger charge is 2.28. The molecule has 1 aromatic carbocycles. The van der Waals surface area contributed by atoms with Gasteiger partial charge in [-0.05, 0) is 12.5 Å². The van der Waals surface area contributed by atoms with Crippen LogP contribution in [0, 0.1) is 0 Å². The number of esters is 1. The fourth-order valence-electron chi connectivity index (χ4n) is 0.971. The first-order valence-corrected chi connectivity index (χ1v) is 4.76. The Morgan fingerprint density at radius 2 is 2.00 bits per heavy atom. The molecule has 15 heavy (non-hydrogen) atoms. The van der Waals surface area contributed by atoms with Gasteiger partial charge >= 0.3 is 5.97 Å². The van der Waals surface area contributed by atoms with E-state index in [2.05, 4.69) is 0 Å². The highest BCUT2D eigenvalue weighted by molar-refractivity contribution is 5.80. The molecule has 0 unspecified atom stereocenters. The molecule has 0 aromatic heterocycles. The quantitative estimate of drug-likeness (QED) is 0.702. The van der Waals surface area contributed by atoms with Crippen LogP contribution in [0.2, 0.25) is 0 Å². The zero-order valence-electron chi connectivity index (χ0n) is 8.77. The van der Waals surface area contributed by atoms with Crippen LogP contribution in [0.3, 0.4) is 0 Å². The van der Waals surface area contributed by atoms with Crippen molar-refractivity contribution in [3.63, 3.8) is 0 Å². The highest BCUT2D eigenvalue weighted by Crippen LogP contribution is 2.05. The summed E-state index contributed by atoms with van der Waals surface area (Å²) in [6, 6.07) is 9.42. The SMILES string of the molecule is C[C@](N)(CN)C(=O)OCc1ccccc1. The summed E-state index contributed by atoms with van der Waals surface area (Å²) in [5.41, 5.74) is 10.8. The van der Waals surface area contributed by atoms with Gasteiger partial charge in [0.15, 0.2) is 0 Å². The molecule has 4 nitrogen and oxygen atoms in total. The monoisotopic (exact) mass is 208 g/mol. The summed E-state index contributed by atoms with van der Waals surface area (Å²) in [6.07, 6.45) is 0. The third-order valence-corrected chi connectivity index (χ3v) is 2.10. The predicted molar refractivity (Wildman–Crippen MR) is 57.9 cm³/mol. The van der Waals surface area contributed by atoms with Crippen molar-refractivity contribution in [2.75, 3.05) is 6.54 Å². The molecule has 0 saturated carbocycles. The van der Waals surface area contributed by atoms with Crippen LogP contribution >= 0.6 is 0 Å². The van der Waals surface area contributed by atoms with Gasteiger partial charge in [-0.25, -0.2) is 0 Å². The lowest BCUT2D eigenvalue weighted by Gasteiger charge is -2.20. The first-order chi connectivity index (χ1) is 7.06. The molecule has 1 aromatic rings. The van der Waals surface area contributed by atoms with E-state index in [0.29, 0.717) is 0 Å². The molecule has 82 valence electrons. The summed E-state index contributed by atoms with van der Waals surface area (Å²) in [4.78, 5) is 11.4. The lowest BCUT2D eigenvalue weighted by atomic mass is 10.1. The first-order valence-electron chi connectivity index (χ1n) is 4.76. The van der Waals surface area contributed by atoms with Crippen LogP contribution in [0.4, 0.5) is 0 Å². The predicted octanol–water partition coefficient (Wildman–Crippen LogP) is 0.406. The third kappa shape index (κ3) is 3.34. The van der Waals surface area contributed by atoms with Gasteiger partial charge in [-0.2, -0.15) is 0 Å². The topological polar surface area (TPSA) is 78.3 Å². The molecule has 0 spiro atoms. The van der Waals surface area contributed by atoms with Gasteiger partial charge in [0, 0.05) is 6.54 Å². The van der Waals surface area contributed by atoms with E-state index in [9.17, 15) is 4.79 Å². The van der Waals surface area contributed by atoms with E-state index < -0.39 is 11.5 Å². The van der Waals surface area contributed by atoms with Crippen LogP contribution in [0.15, 0.2) is 30.3 Å². The second-order valence-electron chi connectivity index (χ2n) is 3.68. The minimum Gasteiger partial charge on any atom is -0.459 e. The standard InChI is InChI=1S/C11H16N2O2/c1-11(13,8-12)10(14)15-7-9-5-3-2-4-6-9/h2-6H,7-8,12-13H2,1H3/t11-/m0/s1. The van der Waals surface area contributed by atoms with Crippen molar-refractivity contribution < 1.29 is 9.53 Å². The van der Waals surface area contributed by atoms with Crippen molar-refractivity contribution in [2.24, 2.45) is 11.5 Å². The van der Waals surface area contributed by atoms with E-state index in [-0.39, 0.29) is 13.2 Å². The number of carbonyl (C=O) groups excluding carboxylic acids is 1. The molecule has 0 aliphatic carbocycles. The third-order valence-electron chi connectivity index (χ3n) is 2.10. The average Bonchev–Trinajstić information content (AvgIpc) is 2.27. The normalized spacial score (nSPS) is 14.3. The van der Waals surface area contributed by atoms with Crippen LogP contribution in [0.1, 0.15) is 12.5 Å². The van der Waals surface area contributed by atoms with E-state index in [0.717, 1.165) is 5.56 Å². The highest BCUT2D eigenvalue weighted by atomic mass is 16.5. The van der Waals surface area contributed by atoms with Crippen molar-refractivity contribution in [3.05, 3.63) is 35.9 Å². The van der Waals surface area contributed by atoms with Gasteiger partial charge in [0.25, 0.3) is 0 Å². The first kappa shape index (κ1) is 11.7.